The number of rotatable bonds is 3. The summed E-state index contributed by atoms with van der Waals surface area (Å²) in [4.78, 5) is 24.4. The van der Waals surface area contributed by atoms with Crippen LogP contribution in [0.15, 0.2) is 66.7 Å². The Labute approximate surface area is 146 Å². The smallest absolute Gasteiger partial charge is 0.314 e. The summed E-state index contributed by atoms with van der Waals surface area (Å²) in [5.74, 6) is -0.964. The van der Waals surface area contributed by atoms with E-state index in [2.05, 4.69) is 24.5 Å². The van der Waals surface area contributed by atoms with Crippen LogP contribution in [0.1, 0.15) is 25.3 Å². The van der Waals surface area contributed by atoms with E-state index in [1.54, 1.807) is 18.2 Å². The molecular weight excluding hydrogens is 312 g/mol. The Morgan fingerprint density at radius 1 is 0.760 bits per heavy atom. The van der Waals surface area contributed by atoms with Crippen LogP contribution in [0.3, 0.4) is 0 Å². The second-order valence-corrected chi connectivity index (χ2v) is 6.21. The van der Waals surface area contributed by atoms with Crippen molar-refractivity contribution >= 4 is 34.0 Å². The molecule has 0 saturated heterocycles. The summed E-state index contributed by atoms with van der Waals surface area (Å²) in [6, 6.07) is 20.8. The Hall–Kier alpha value is -3.14. The molecule has 25 heavy (non-hydrogen) atoms. The highest BCUT2D eigenvalue weighted by atomic mass is 16.2. The van der Waals surface area contributed by atoms with E-state index in [9.17, 15) is 9.59 Å². The van der Waals surface area contributed by atoms with Crippen LogP contribution in [0, 0.1) is 0 Å². The van der Waals surface area contributed by atoms with Gasteiger partial charge in [0, 0.05) is 16.8 Å². The van der Waals surface area contributed by atoms with Gasteiger partial charge in [-0.05, 0) is 35.1 Å². The first-order chi connectivity index (χ1) is 12.0. The lowest BCUT2D eigenvalue weighted by Crippen LogP contribution is -2.29. The summed E-state index contributed by atoms with van der Waals surface area (Å²) in [5.41, 5.74) is 2.40. The molecule has 0 radical (unpaired) electrons. The quantitative estimate of drug-likeness (QED) is 0.692. The molecule has 0 bridgehead atoms. The van der Waals surface area contributed by atoms with Crippen LogP contribution >= 0.6 is 0 Å². The van der Waals surface area contributed by atoms with Gasteiger partial charge in [-0.15, -0.1) is 0 Å². The maximum Gasteiger partial charge on any atom is 0.314 e. The molecule has 0 saturated carbocycles. The Balaban J connectivity index is 1.71. The first-order valence-corrected chi connectivity index (χ1v) is 8.24. The number of nitrogens with one attached hydrogen (secondary N) is 2. The van der Waals surface area contributed by atoms with Crippen molar-refractivity contribution in [3.8, 4) is 0 Å². The number of hydrogen-bond acceptors (Lipinski definition) is 2. The third-order valence-electron chi connectivity index (χ3n) is 4.08. The van der Waals surface area contributed by atoms with Crippen LogP contribution in [0.2, 0.25) is 0 Å². The summed E-state index contributed by atoms with van der Waals surface area (Å²) < 4.78 is 0. The van der Waals surface area contributed by atoms with Gasteiger partial charge in [-0.25, -0.2) is 0 Å². The summed E-state index contributed by atoms with van der Waals surface area (Å²) in [7, 11) is 0. The fraction of sp³-hybridized carbons (Fsp3) is 0.143. The average Bonchev–Trinajstić information content (AvgIpc) is 2.62. The Morgan fingerprint density at radius 3 is 2.12 bits per heavy atom. The number of carbonyl (C=O) groups is 2. The minimum absolute atomic E-state index is 0.416. The van der Waals surface area contributed by atoms with Crippen molar-refractivity contribution in [1.82, 2.24) is 0 Å². The third-order valence-corrected chi connectivity index (χ3v) is 4.08. The van der Waals surface area contributed by atoms with Gasteiger partial charge in [0.1, 0.15) is 0 Å². The van der Waals surface area contributed by atoms with Crippen LogP contribution in [0.25, 0.3) is 10.8 Å². The molecule has 3 aromatic carbocycles. The standard InChI is InChI=1S/C21H20N2O2/c1-14(2)15-10-12-17(13-11-15)22-20(24)21(25)23-19-9-5-7-16-6-3-4-8-18(16)19/h3-14H,1-2H3,(H,22,24)(H,23,25). The first kappa shape index (κ1) is 16.7. The highest BCUT2D eigenvalue weighted by molar-refractivity contribution is 6.44. The summed E-state index contributed by atoms with van der Waals surface area (Å²) in [6.07, 6.45) is 0. The monoisotopic (exact) mass is 332 g/mol. The molecule has 0 aromatic heterocycles. The Morgan fingerprint density at radius 2 is 1.40 bits per heavy atom. The second kappa shape index (κ2) is 7.18. The maximum atomic E-state index is 12.2. The third kappa shape index (κ3) is 3.86. The van der Waals surface area contributed by atoms with Gasteiger partial charge in [0.25, 0.3) is 0 Å². The van der Waals surface area contributed by atoms with Gasteiger partial charge >= 0.3 is 11.8 Å². The van der Waals surface area contributed by atoms with Gasteiger partial charge in [-0.3, -0.25) is 9.59 Å². The molecule has 2 N–H and O–H groups in total. The van der Waals surface area contributed by atoms with Crippen molar-refractivity contribution in [2.75, 3.05) is 10.6 Å². The topological polar surface area (TPSA) is 58.2 Å². The molecule has 126 valence electrons. The molecule has 0 aliphatic rings. The molecule has 2 amide bonds. The summed E-state index contributed by atoms with van der Waals surface area (Å²) in [5, 5.41) is 7.21. The van der Waals surface area contributed by atoms with Gasteiger partial charge in [-0.2, -0.15) is 0 Å². The molecule has 3 aromatic rings. The lowest BCUT2D eigenvalue weighted by molar-refractivity contribution is -0.132. The van der Waals surface area contributed by atoms with Crippen molar-refractivity contribution in [3.05, 3.63) is 72.3 Å². The predicted octanol–water partition coefficient (Wildman–Crippen LogP) is 4.54. The van der Waals surface area contributed by atoms with E-state index >= 15 is 0 Å². The van der Waals surface area contributed by atoms with Crippen molar-refractivity contribution in [2.45, 2.75) is 19.8 Å². The summed E-state index contributed by atoms with van der Waals surface area (Å²) >= 11 is 0. The molecular formula is C21H20N2O2. The molecule has 0 heterocycles. The van der Waals surface area contributed by atoms with Crippen molar-refractivity contribution in [2.24, 2.45) is 0 Å². The van der Waals surface area contributed by atoms with Gasteiger partial charge < -0.3 is 10.6 Å². The number of anilines is 2. The molecule has 0 fully saturated rings. The molecule has 4 heteroatoms. The number of benzene rings is 3. The molecule has 0 aliphatic heterocycles. The lowest BCUT2D eigenvalue weighted by Gasteiger charge is -2.10. The van der Waals surface area contributed by atoms with Gasteiger partial charge in [0.15, 0.2) is 0 Å². The normalized spacial score (nSPS) is 10.7. The van der Waals surface area contributed by atoms with E-state index < -0.39 is 11.8 Å². The Kier molecular flexibility index (Phi) is 4.80. The van der Waals surface area contributed by atoms with E-state index in [0.717, 1.165) is 10.8 Å². The van der Waals surface area contributed by atoms with Crippen LogP contribution in [0.4, 0.5) is 11.4 Å². The molecule has 4 nitrogen and oxygen atoms in total. The zero-order valence-corrected chi connectivity index (χ0v) is 14.2. The van der Waals surface area contributed by atoms with E-state index in [1.807, 2.05) is 48.5 Å². The largest absolute Gasteiger partial charge is 0.318 e. The fourth-order valence-electron chi connectivity index (χ4n) is 2.65. The van der Waals surface area contributed by atoms with E-state index in [-0.39, 0.29) is 0 Å². The molecule has 0 atom stereocenters. The van der Waals surface area contributed by atoms with Crippen molar-refractivity contribution in [1.29, 1.82) is 0 Å². The van der Waals surface area contributed by atoms with E-state index in [1.165, 1.54) is 5.56 Å². The molecule has 0 unspecified atom stereocenters. The van der Waals surface area contributed by atoms with Crippen LogP contribution < -0.4 is 10.6 Å². The zero-order chi connectivity index (χ0) is 17.8. The molecule has 0 spiro atoms. The van der Waals surface area contributed by atoms with Crippen molar-refractivity contribution < 1.29 is 9.59 Å². The van der Waals surface area contributed by atoms with E-state index in [0.29, 0.717) is 17.3 Å². The van der Waals surface area contributed by atoms with Gasteiger partial charge in [-0.1, -0.05) is 62.4 Å². The lowest BCUT2D eigenvalue weighted by atomic mass is 10.0. The molecule has 3 rings (SSSR count). The highest BCUT2D eigenvalue weighted by Crippen LogP contribution is 2.23. The van der Waals surface area contributed by atoms with Crippen molar-refractivity contribution in [3.63, 3.8) is 0 Å². The second-order valence-electron chi connectivity index (χ2n) is 6.21. The maximum absolute atomic E-state index is 12.2. The van der Waals surface area contributed by atoms with Crippen LogP contribution in [-0.2, 0) is 9.59 Å². The number of amides is 2. The number of carbonyl (C=O) groups excluding carboxylic acids is 2. The summed E-state index contributed by atoms with van der Waals surface area (Å²) in [6.45, 7) is 4.20. The Bertz CT molecular complexity index is 909. The van der Waals surface area contributed by atoms with Gasteiger partial charge in [0.2, 0.25) is 0 Å². The SMILES string of the molecule is CC(C)c1ccc(NC(=O)C(=O)Nc2cccc3ccccc23)cc1. The predicted molar refractivity (Wildman–Crippen MR) is 102 cm³/mol. The van der Waals surface area contributed by atoms with Gasteiger partial charge in [0.05, 0.1) is 0 Å². The zero-order valence-electron chi connectivity index (χ0n) is 14.2. The minimum atomic E-state index is -0.690. The van der Waals surface area contributed by atoms with Crippen LogP contribution in [0.5, 0.6) is 0 Å². The number of hydrogen-bond donors (Lipinski definition) is 2. The fourth-order valence-corrected chi connectivity index (χ4v) is 2.65. The van der Waals surface area contributed by atoms with Crippen LogP contribution in [-0.4, -0.2) is 11.8 Å². The molecule has 0 aliphatic carbocycles. The number of fused-ring (bicyclic) bond motifs is 1. The first-order valence-electron chi connectivity index (χ1n) is 8.24. The highest BCUT2D eigenvalue weighted by Gasteiger charge is 2.15. The van der Waals surface area contributed by atoms with E-state index in [4.69, 9.17) is 0 Å². The average molecular weight is 332 g/mol. The minimum Gasteiger partial charge on any atom is -0.318 e.